The van der Waals surface area contributed by atoms with Crippen LogP contribution in [-0.2, 0) is 16.0 Å². The zero-order chi connectivity index (χ0) is 11.5. The maximum absolute atomic E-state index is 11.3. The Hall–Kier alpha value is -2.02. The van der Waals surface area contributed by atoms with E-state index in [1.54, 1.807) is 6.07 Å². The highest BCUT2D eigenvalue weighted by molar-refractivity contribution is 5.81. The van der Waals surface area contributed by atoms with Crippen LogP contribution < -0.4 is 5.69 Å². The summed E-state index contributed by atoms with van der Waals surface area (Å²) in [5.41, 5.74) is 0.658. The van der Waals surface area contributed by atoms with Crippen LogP contribution in [0, 0.1) is 0 Å². The van der Waals surface area contributed by atoms with Gasteiger partial charge in [0.2, 0.25) is 0 Å². The number of nitrogens with zero attached hydrogens (tertiary/aromatic N) is 3. The number of ether oxygens (including phenoxy) is 1. The number of aromatic nitrogens is 4. The van der Waals surface area contributed by atoms with E-state index in [2.05, 4.69) is 15.2 Å². The molecule has 0 spiro atoms. The average molecular weight is 222 g/mol. The predicted molar refractivity (Wildman–Crippen MR) is 54.2 cm³/mol. The molecule has 7 heteroatoms. The highest BCUT2D eigenvalue weighted by Gasteiger charge is 2.07. The van der Waals surface area contributed by atoms with Crippen LogP contribution in [0.4, 0.5) is 0 Å². The summed E-state index contributed by atoms with van der Waals surface area (Å²) >= 11 is 0. The zero-order valence-corrected chi connectivity index (χ0v) is 8.64. The summed E-state index contributed by atoms with van der Waals surface area (Å²) in [6.45, 7) is 0.0558. The van der Waals surface area contributed by atoms with Gasteiger partial charge in [0.05, 0.1) is 12.1 Å². The van der Waals surface area contributed by atoms with Crippen LogP contribution in [0.3, 0.4) is 0 Å². The smallest absolute Gasteiger partial charge is 0.348 e. The van der Waals surface area contributed by atoms with E-state index in [1.165, 1.54) is 17.8 Å². The summed E-state index contributed by atoms with van der Waals surface area (Å²) < 4.78 is 5.98. The van der Waals surface area contributed by atoms with E-state index in [4.69, 9.17) is 4.74 Å². The molecular weight excluding hydrogens is 212 g/mol. The number of aromatic amines is 1. The molecule has 2 rings (SSSR count). The van der Waals surface area contributed by atoms with Gasteiger partial charge in [-0.25, -0.2) is 19.3 Å². The standard InChI is InChI=1S/C9H10N4O3/c1-16-4-7(14)2-6-3-8-11-12-9(15)13(8)5-10-6/h3,5H,2,4H2,1H3,(H,12,15). The van der Waals surface area contributed by atoms with E-state index in [0.717, 1.165) is 0 Å². The lowest BCUT2D eigenvalue weighted by molar-refractivity contribution is -0.122. The first-order valence-electron chi connectivity index (χ1n) is 4.63. The third-order valence-corrected chi connectivity index (χ3v) is 2.05. The number of carbonyl (C=O) groups excluding carboxylic acids is 1. The Bertz CT molecular complexity index is 571. The lowest BCUT2D eigenvalue weighted by Crippen LogP contribution is -2.13. The molecule has 0 fully saturated rings. The number of fused-ring (bicyclic) bond motifs is 1. The monoisotopic (exact) mass is 222 g/mol. The molecular formula is C9H10N4O3. The van der Waals surface area contributed by atoms with E-state index in [0.29, 0.717) is 11.3 Å². The van der Waals surface area contributed by atoms with Crippen molar-refractivity contribution < 1.29 is 9.53 Å². The summed E-state index contributed by atoms with van der Waals surface area (Å²) in [7, 11) is 1.46. The Labute approximate surface area is 90.1 Å². The first kappa shape index (κ1) is 10.5. The number of rotatable bonds is 4. The number of carbonyl (C=O) groups is 1. The Balaban J connectivity index is 2.26. The molecule has 0 atom stereocenters. The largest absolute Gasteiger partial charge is 0.377 e. The lowest BCUT2D eigenvalue weighted by Gasteiger charge is -1.99. The van der Waals surface area contributed by atoms with E-state index in [-0.39, 0.29) is 24.5 Å². The number of hydrogen-bond acceptors (Lipinski definition) is 5. The van der Waals surface area contributed by atoms with Crippen molar-refractivity contribution in [1.82, 2.24) is 19.6 Å². The molecule has 0 saturated carbocycles. The summed E-state index contributed by atoms with van der Waals surface area (Å²) in [6.07, 6.45) is 1.52. The van der Waals surface area contributed by atoms with E-state index >= 15 is 0 Å². The SMILES string of the molecule is COCC(=O)Cc1cc2n[nH]c(=O)n2cn1. The molecule has 1 N–H and O–H groups in total. The number of methoxy groups -OCH3 is 1. The molecule has 0 amide bonds. The molecule has 16 heavy (non-hydrogen) atoms. The number of nitrogens with one attached hydrogen (secondary N) is 1. The highest BCUT2D eigenvalue weighted by Crippen LogP contribution is 2.00. The zero-order valence-electron chi connectivity index (χ0n) is 8.64. The van der Waals surface area contributed by atoms with Gasteiger partial charge < -0.3 is 4.74 Å². The minimum absolute atomic E-state index is 0.0558. The fraction of sp³-hybridized carbons (Fsp3) is 0.333. The van der Waals surface area contributed by atoms with Gasteiger partial charge >= 0.3 is 5.69 Å². The van der Waals surface area contributed by atoms with Crippen molar-refractivity contribution in [2.45, 2.75) is 6.42 Å². The third kappa shape index (κ3) is 1.98. The van der Waals surface area contributed by atoms with Gasteiger partial charge in [-0.2, -0.15) is 5.10 Å². The molecule has 0 saturated heterocycles. The Morgan fingerprint density at radius 3 is 3.19 bits per heavy atom. The van der Waals surface area contributed by atoms with Crippen molar-refractivity contribution in [3.05, 3.63) is 28.6 Å². The molecule has 84 valence electrons. The van der Waals surface area contributed by atoms with Crippen LogP contribution in [0.2, 0.25) is 0 Å². The molecule has 2 aromatic heterocycles. The lowest BCUT2D eigenvalue weighted by atomic mass is 10.2. The number of hydrogen-bond donors (Lipinski definition) is 1. The first-order valence-corrected chi connectivity index (χ1v) is 4.63. The summed E-state index contributed by atoms with van der Waals surface area (Å²) in [6, 6.07) is 1.59. The van der Waals surface area contributed by atoms with Crippen LogP contribution in [-0.4, -0.2) is 39.1 Å². The fourth-order valence-corrected chi connectivity index (χ4v) is 1.36. The second-order valence-corrected chi connectivity index (χ2v) is 3.29. The molecule has 0 aliphatic heterocycles. The molecule has 0 radical (unpaired) electrons. The number of H-pyrrole nitrogens is 1. The van der Waals surface area contributed by atoms with Crippen molar-refractivity contribution >= 4 is 11.4 Å². The summed E-state index contributed by atoms with van der Waals surface area (Å²) in [4.78, 5) is 26.4. The van der Waals surface area contributed by atoms with Crippen LogP contribution >= 0.6 is 0 Å². The van der Waals surface area contributed by atoms with E-state index < -0.39 is 0 Å². The van der Waals surface area contributed by atoms with Gasteiger partial charge in [-0.05, 0) is 0 Å². The Morgan fingerprint density at radius 2 is 2.44 bits per heavy atom. The molecule has 0 bridgehead atoms. The molecule has 0 aromatic carbocycles. The highest BCUT2D eigenvalue weighted by atomic mass is 16.5. The van der Waals surface area contributed by atoms with Crippen molar-refractivity contribution in [2.24, 2.45) is 0 Å². The molecule has 0 aliphatic carbocycles. The van der Waals surface area contributed by atoms with Gasteiger partial charge in [0.25, 0.3) is 0 Å². The van der Waals surface area contributed by atoms with Crippen molar-refractivity contribution in [1.29, 1.82) is 0 Å². The second-order valence-electron chi connectivity index (χ2n) is 3.29. The Kier molecular flexibility index (Phi) is 2.78. The van der Waals surface area contributed by atoms with Crippen LogP contribution in [0.15, 0.2) is 17.2 Å². The van der Waals surface area contributed by atoms with Crippen LogP contribution in [0.25, 0.3) is 5.65 Å². The van der Waals surface area contributed by atoms with Gasteiger partial charge in [-0.3, -0.25) is 4.79 Å². The summed E-state index contributed by atoms with van der Waals surface area (Å²) in [5.74, 6) is -0.0720. The van der Waals surface area contributed by atoms with E-state index in [1.807, 2.05) is 0 Å². The normalized spacial score (nSPS) is 10.8. The number of ketones is 1. The molecule has 0 aliphatic rings. The summed E-state index contributed by atoms with van der Waals surface area (Å²) in [5, 5.41) is 6.07. The van der Waals surface area contributed by atoms with Gasteiger partial charge in [0.1, 0.15) is 12.9 Å². The minimum atomic E-state index is -0.350. The number of Topliss-reactive ketones (excluding diaryl/α,β-unsaturated/α-hetero) is 1. The quantitative estimate of drug-likeness (QED) is 0.729. The molecule has 2 aromatic rings. The maximum Gasteiger partial charge on any atom is 0.348 e. The van der Waals surface area contributed by atoms with Crippen molar-refractivity contribution in [3.8, 4) is 0 Å². The third-order valence-electron chi connectivity index (χ3n) is 2.05. The minimum Gasteiger partial charge on any atom is -0.377 e. The predicted octanol–water partition coefficient (Wildman–Crippen LogP) is -0.824. The average Bonchev–Trinajstić information content (AvgIpc) is 2.60. The van der Waals surface area contributed by atoms with Gasteiger partial charge in [0.15, 0.2) is 11.4 Å². The second kappa shape index (κ2) is 4.23. The van der Waals surface area contributed by atoms with Gasteiger partial charge in [0, 0.05) is 13.2 Å². The van der Waals surface area contributed by atoms with Gasteiger partial charge in [-0.15, -0.1) is 0 Å². The molecule has 2 heterocycles. The van der Waals surface area contributed by atoms with Crippen molar-refractivity contribution in [2.75, 3.05) is 13.7 Å². The topological polar surface area (TPSA) is 89.3 Å². The fourth-order valence-electron chi connectivity index (χ4n) is 1.36. The van der Waals surface area contributed by atoms with Crippen LogP contribution in [0.1, 0.15) is 5.69 Å². The maximum atomic E-state index is 11.3. The van der Waals surface area contributed by atoms with Crippen LogP contribution in [0.5, 0.6) is 0 Å². The van der Waals surface area contributed by atoms with E-state index in [9.17, 15) is 9.59 Å². The van der Waals surface area contributed by atoms with Gasteiger partial charge in [-0.1, -0.05) is 0 Å². The first-order chi connectivity index (χ1) is 7.70. The van der Waals surface area contributed by atoms with Crippen molar-refractivity contribution in [3.63, 3.8) is 0 Å². The molecule has 7 nitrogen and oxygen atoms in total. The Morgan fingerprint density at radius 1 is 1.62 bits per heavy atom. The molecule has 0 unspecified atom stereocenters.